The predicted molar refractivity (Wildman–Crippen MR) is 96.6 cm³/mol. The zero-order valence-electron chi connectivity index (χ0n) is 14.8. The van der Waals surface area contributed by atoms with Gasteiger partial charge in [-0.15, -0.1) is 0 Å². The highest BCUT2D eigenvalue weighted by molar-refractivity contribution is 7.89. The summed E-state index contributed by atoms with van der Waals surface area (Å²) in [6.45, 7) is 5.23. The van der Waals surface area contributed by atoms with Crippen molar-refractivity contribution in [1.82, 2.24) is 15.4 Å². The predicted octanol–water partition coefficient (Wildman–Crippen LogP) is 1.07. The highest BCUT2D eigenvalue weighted by Gasteiger charge is 2.13. The number of sulfonamides is 1. The second kappa shape index (κ2) is 10.3. The lowest BCUT2D eigenvalue weighted by atomic mass is 10.2. The molecule has 0 heterocycles. The fourth-order valence-electron chi connectivity index (χ4n) is 1.90. The van der Waals surface area contributed by atoms with Crippen LogP contribution in [0.4, 0.5) is 0 Å². The van der Waals surface area contributed by atoms with Crippen LogP contribution in [0.15, 0.2) is 34.2 Å². The maximum absolute atomic E-state index is 12.2. The number of methoxy groups -OCH3 is 1. The van der Waals surface area contributed by atoms with Crippen LogP contribution in [0, 0.1) is 0 Å². The van der Waals surface area contributed by atoms with E-state index in [4.69, 9.17) is 4.74 Å². The molecule has 0 saturated carbocycles. The van der Waals surface area contributed by atoms with Crippen molar-refractivity contribution in [3.63, 3.8) is 0 Å². The van der Waals surface area contributed by atoms with E-state index >= 15 is 0 Å². The molecule has 1 rings (SSSR count). The van der Waals surface area contributed by atoms with E-state index in [1.165, 1.54) is 7.11 Å². The van der Waals surface area contributed by atoms with Crippen LogP contribution in [0.2, 0.25) is 0 Å². The molecule has 24 heavy (non-hydrogen) atoms. The third kappa shape index (κ3) is 6.86. The van der Waals surface area contributed by atoms with Crippen LogP contribution in [0.3, 0.4) is 0 Å². The summed E-state index contributed by atoms with van der Waals surface area (Å²) in [5.74, 6) is 0.691. The van der Waals surface area contributed by atoms with E-state index < -0.39 is 10.0 Å². The lowest BCUT2D eigenvalue weighted by Crippen LogP contribution is -2.41. The molecular weight excluding hydrogens is 328 g/mol. The van der Waals surface area contributed by atoms with Gasteiger partial charge in [0.25, 0.3) is 0 Å². The molecule has 1 aromatic carbocycles. The highest BCUT2D eigenvalue weighted by Crippen LogP contribution is 2.11. The third-order valence-electron chi connectivity index (χ3n) is 3.49. The van der Waals surface area contributed by atoms with Crippen LogP contribution in [0.1, 0.15) is 25.8 Å². The average molecular weight is 356 g/mol. The van der Waals surface area contributed by atoms with Gasteiger partial charge in [0.1, 0.15) is 0 Å². The fourth-order valence-corrected chi connectivity index (χ4v) is 2.98. The molecule has 0 aromatic heterocycles. The van der Waals surface area contributed by atoms with Gasteiger partial charge in [0, 0.05) is 33.3 Å². The van der Waals surface area contributed by atoms with Gasteiger partial charge in [0.05, 0.1) is 11.5 Å². The second-order valence-corrected chi connectivity index (χ2v) is 7.18. The van der Waals surface area contributed by atoms with E-state index in [2.05, 4.69) is 34.2 Å². The van der Waals surface area contributed by atoms with Crippen LogP contribution in [-0.4, -0.2) is 47.7 Å². The maximum atomic E-state index is 12.2. The number of ether oxygens (including phenoxy) is 1. The van der Waals surface area contributed by atoms with Gasteiger partial charge in [-0.1, -0.05) is 19.1 Å². The molecule has 0 aliphatic rings. The number of nitrogens with one attached hydrogen (secondary N) is 3. The minimum atomic E-state index is -3.53. The molecule has 136 valence electrons. The van der Waals surface area contributed by atoms with Gasteiger partial charge < -0.3 is 15.4 Å². The van der Waals surface area contributed by atoms with E-state index in [0.29, 0.717) is 25.2 Å². The van der Waals surface area contributed by atoms with E-state index in [9.17, 15) is 8.42 Å². The van der Waals surface area contributed by atoms with Crippen LogP contribution >= 0.6 is 0 Å². The largest absolute Gasteiger partial charge is 0.383 e. The van der Waals surface area contributed by atoms with Crippen LogP contribution in [0.5, 0.6) is 0 Å². The molecule has 0 fully saturated rings. The molecule has 0 aliphatic carbocycles. The van der Waals surface area contributed by atoms with E-state index in [-0.39, 0.29) is 11.4 Å². The van der Waals surface area contributed by atoms with Crippen molar-refractivity contribution in [3.05, 3.63) is 29.8 Å². The van der Waals surface area contributed by atoms with Gasteiger partial charge in [-0.05, 0) is 31.0 Å². The Hall–Kier alpha value is -1.64. The van der Waals surface area contributed by atoms with Gasteiger partial charge >= 0.3 is 0 Å². The summed E-state index contributed by atoms with van der Waals surface area (Å²) in [6, 6.07) is 7.14. The smallest absolute Gasteiger partial charge is 0.240 e. The molecule has 1 unspecified atom stereocenters. The lowest BCUT2D eigenvalue weighted by molar-refractivity contribution is 0.204. The fraction of sp³-hybridized carbons (Fsp3) is 0.562. The number of aliphatic imine (C=N–C) groups is 1. The standard InChI is InChI=1S/C16H28N4O3S/c1-5-13(2)20-16(17-3)18-12-14-7-6-8-15(11-14)24(21,22)19-9-10-23-4/h6-8,11,13,19H,5,9-10,12H2,1-4H3,(H2,17,18,20). The van der Waals surface area contributed by atoms with Crippen LogP contribution in [-0.2, 0) is 21.3 Å². The Labute approximate surface area is 145 Å². The summed E-state index contributed by atoms with van der Waals surface area (Å²) in [4.78, 5) is 4.40. The first kappa shape index (κ1) is 20.4. The first-order chi connectivity index (χ1) is 11.4. The number of guanidine groups is 1. The highest BCUT2D eigenvalue weighted by atomic mass is 32.2. The number of rotatable bonds is 9. The second-order valence-electron chi connectivity index (χ2n) is 5.42. The van der Waals surface area contributed by atoms with Crippen LogP contribution in [0.25, 0.3) is 0 Å². The Morgan fingerprint density at radius 3 is 2.75 bits per heavy atom. The van der Waals surface area contributed by atoms with Gasteiger partial charge in [-0.25, -0.2) is 13.1 Å². The number of benzene rings is 1. The minimum absolute atomic E-state index is 0.239. The van der Waals surface area contributed by atoms with E-state index in [1.807, 2.05) is 6.07 Å². The van der Waals surface area contributed by atoms with Gasteiger partial charge in [0.2, 0.25) is 10.0 Å². The molecule has 0 spiro atoms. The molecule has 0 aliphatic heterocycles. The Bertz CT molecular complexity index is 632. The summed E-state index contributed by atoms with van der Waals surface area (Å²) in [6.07, 6.45) is 0.988. The summed E-state index contributed by atoms with van der Waals surface area (Å²) < 4.78 is 31.8. The zero-order chi connectivity index (χ0) is 18.0. The molecule has 0 amide bonds. The summed E-state index contributed by atoms with van der Waals surface area (Å²) >= 11 is 0. The SMILES string of the molecule is CCC(C)NC(=NC)NCc1cccc(S(=O)(=O)NCCOC)c1. The van der Waals surface area contributed by atoms with Gasteiger partial charge in [-0.3, -0.25) is 4.99 Å². The maximum Gasteiger partial charge on any atom is 0.240 e. The summed E-state index contributed by atoms with van der Waals surface area (Å²) in [7, 11) is -0.290. The van der Waals surface area contributed by atoms with Crippen LogP contribution < -0.4 is 15.4 Å². The van der Waals surface area contributed by atoms with Crippen molar-refractivity contribution in [1.29, 1.82) is 0 Å². The first-order valence-corrected chi connectivity index (χ1v) is 9.46. The van der Waals surface area contributed by atoms with Crippen molar-refractivity contribution < 1.29 is 13.2 Å². The Balaban J connectivity index is 2.71. The van der Waals surface area contributed by atoms with E-state index in [1.54, 1.807) is 25.2 Å². The quantitative estimate of drug-likeness (QED) is 0.350. The number of hydrogen-bond acceptors (Lipinski definition) is 4. The Morgan fingerprint density at radius 1 is 1.38 bits per heavy atom. The molecule has 0 saturated heterocycles. The molecule has 3 N–H and O–H groups in total. The monoisotopic (exact) mass is 356 g/mol. The van der Waals surface area contributed by atoms with Crippen molar-refractivity contribution in [2.75, 3.05) is 27.3 Å². The van der Waals surface area contributed by atoms with Gasteiger partial charge in [-0.2, -0.15) is 0 Å². The molecule has 1 atom stereocenters. The van der Waals surface area contributed by atoms with Crippen molar-refractivity contribution in [3.8, 4) is 0 Å². The molecule has 0 radical (unpaired) electrons. The molecule has 7 nitrogen and oxygen atoms in total. The van der Waals surface area contributed by atoms with Crippen molar-refractivity contribution in [2.45, 2.75) is 37.8 Å². The first-order valence-electron chi connectivity index (χ1n) is 7.97. The molecule has 1 aromatic rings. The molecule has 0 bridgehead atoms. The topological polar surface area (TPSA) is 91.8 Å². The summed E-state index contributed by atoms with van der Waals surface area (Å²) in [5, 5.41) is 6.45. The molecular formula is C16H28N4O3S. The van der Waals surface area contributed by atoms with Crippen molar-refractivity contribution in [2.24, 2.45) is 4.99 Å². The Kier molecular flexibility index (Phi) is 8.73. The normalized spacial score (nSPS) is 13.6. The number of hydrogen-bond donors (Lipinski definition) is 3. The zero-order valence-corrected chi connectivity index (χ0v) is 15.6. The minimum Gasteiger partial charge on any atom is -0.383 e. The summed E-state index contributed by atoms with van der Waals surface area (Å²) in [5.41, 5.74) is 0.858. The lowest BCUT2D eigenvalue weighted by Gasteiger charge is -2.16. The molecule has 8 heteroatoms. The number of nitrogens with zero attached hydrogens (tertiary/aromatic N) is 1. The van der Waals surface area contributed by atoms with E-state index in [0.717, 1.165) is 12.0 Å². The third-order valence-corrected chi connectivity index (χ3v) is 4.94. The van der Waals surface area contributed by atoms with Gasteiger partial charge in [0.15, 0.2) is 5.96 Å². The average Bonchev–Trinajstić information content (AvgIpc) is 2.58. The Morgan fingerprint density at radius 2 is 2.12 bits per heavy atom. The van der Waals surface area contributed by atoms with Crippen molar-refractivity contribution >= 4 is 16.0 Å².